The van der Waals surface area contributed by atoms with Crippen molar-refractivity contribution in [3.8, 4) is 0 Å². The maximum absolute atomic E-state index is 10.6. The van der Waals surface area contributed by atoms with Crippen molar-refractivity contribution in [1.29, 1.82) is 0 Å². The third-order valence-corrected chi connectivity index (χ3v) is 3.10. The molecular weight excluding hydrogens is 243 g/mol. The minimum absolute atomic E-state index is 0.339. The van der Waals surface area contributed by atoms with E-state index >= 15 is 0 Å². The van der Waals surface area contributed by atoms with Crippen LogP contribution < -0.4 is 5.73 Å². The number of carboxylic acid groups (broad SMARTS) is 1. The minimum Gasteiger partial charge on any atom is -0.475 e. The topological polar surface area (TPSA) is 63.3 Å². The Morgan fingerprint density at radius 3 is 2.56 bits per heavy atom. The van der Waals surface area contributed by atoms with E-state index in [-0.39, 0.29) is 0 Å². The van der Waals surface area contributed by atoms with Gasteiger partial charge in [0, 0.05) is 10.9 Å². The Kier molecular flexibility index (Phi) is 3.93. The maximum atomic E-state index is 10.6. The highest BCUT2D eigenvalue weighted by molar-refractivity contribution is 7.10. The van der Waals surface area contributed by atoms with Gasteiger partial charge in [0.1, 0.15) is 0 Å². The van der Waals surface area contributed by atoms with Gasteiger partial charge in [-0.3, -0.25) is 0 Å². The van der Waals surface area contributed by atoms with Crippen LogP contribution in [-0.4, -0.2) is 17.3 Å². The monoisotopic (exact) mass is 253 g/mol. The van der Waals surface area contributed by atoms with Crippen LogP contribution in [0.4, 0.5) is 13.2 Å². The van der Waals surface area contributed by atoms with Crippen LogP contribution >= 0.6 is 11.3 Å². The molecule has 0 radical (unpaired) electrons. The van der Waals surface area contributed by atoms with Crippen LogP contribution in [0.1, 0.15) is 22.9 Å². The zero-order valence-corrected chi connectivity index (χ0v) is 8.94. The number of aliphatic carboxylic acids is 1. The second-order valence-electron chi connectivity index (χ2n) is 3.25. The molecule has 16 heavy (non-hydrogen) atoms. The number of thiophene rings is 1. The third-order valence-electron chi connectivity index (χ3n) is 2.10. The van der Waals surface area contributed by atoms with Crippen molar-refractivity contribution in [1.82, 2.24) is 0 Å². The Morgan fingerprint density at radius 2 is 2.12 bits per heavy atom. The van der Waals surface area contributed by atoms with Gasteiger partial charge in [-0.15, -0.1) is 11.3 Å². The summed E-state index contributed by atoms with van der Waals surface area (Å²) < 4.78 is 31.7. The molecule has 1 heterocycles. The summed E-state index contributed by atoms with van der Waals surface area (Å²) in [5.41, 5.74) is 7.19. The van der Waals surface area contributed by atoms with E-state index in [4.69, 9.17) is 15.6 Å². The number of carboxylic acids is 1. The highest BCUT2D eigenvalue weighted by atomic mass is 32.1. The summed E-state index contributed by atoms with van der Waals surface area (Å²) in [6.07, 6.45) is -2.73. The highest BCUT2D eigenvalue weighted by Crippen LogP contribution is 2.32. The Morgan fingerprint density at radius 1 is 1.56 bits per heavy atom. The molecule has 0 saturated heterocycles. The van der Waals surface area contributed by atoms with Gasteiger partial charge >= 0.3 is 12.1 Å². The van der Waals surface area contributed by atoms with Crippen molar-refractivity contribution in [2.24, 2.45) is 5.73 Å². The molecule has 0 fully saturated rings. The Labute approximate surface area is 93.7 Å². The molecule has 1 unspecified atom stereocenters. The van der Waals surface area contributed by atoms with Crippen LogP contribution in [0.3, 0.4) is 0 Å². The fourth-order valence-electron chi connectivity index (χ4n) is 1.33. The first-order chi connectivity index (χ1) is 7.32. The second kappa shape index (κ2) is 4.84. The lowest BCUT2D eigenvalue weighted by atomic mass is 10.2. The Bertz CT molecular complexity index is 375. The number of alkyl halides is 3. The number of rotatable bonds is 0. The van der Waals surface area contributed by atoms with Gasteiger partial charge in [0.25, 0.3) is 0 Å². The number of nitrogens with two attached hydrogens (primary N) is 1. The van der Waals surface area contributed by atoms with Gasteiger partial charge in [0.15, 0.2) is 0 Å². The zero-order valence-electron chi connectivity index (χ0n) is 8.12. The first-order valence-corrected chi connectivity index (χ1v) is 5.32. The first kappa shape index (κ1) is 13.0. The molecule has 0 aliphatic heterocycles. The van der Waals surface area contributed by atoms with Gasteiger partial charge < -0.3 is 10.8 Å². The van der Waals surface area contributed by atoms with E-state index in [1.807, 2.05) is 11.3 Å². The molecule has 1 aliphatic carbocycles. The van der Waals surface area contributed by atoms with E-state index in [9.17, 15) is 13.2 Å². The average molecular weight is 253 g/mol. The van der Waals surface area contributed by atoms with Gasteiger partial charge in [-0.05, 0) is 29.9 Å². The standard InChI is InChI=1S/C7H9NS.C2HF3O2/c8-6-1-2-7-5(6)3-4-9-7;3-2(4,5)1(6)7/h3-4,6H,1-2,8H2;(H,6,7). The number of hydrogen-bond acceptors (Lipinski definition) is 3. The molecule has 0 spiro atoms. The van der Waals surface area contributed by atoms with Crippen molar-refractivity contribution in [2.45, 2.75) is 25.1 Å². The number of carbonyl (C=O) groups is 1. The molecule has 1 aromatic heterocycles. The van der Waals surface area contributed by atoms with E-state index in [1.165, 1.54) is 16.9 Å². The quantitative estimate of drug-likeness (QED) is 0.745. The summed E-state index contributed by atoms with van der Waals surface area (Å²) in [7, 11) is 0. The van der Waals surface area contributed by atoms with Crippen molar-refractivity contribution < 1.29 is 23.1 Å². The van der Waals surface area contributed by atoms with Gasteiger partial charge in [-0.2, -0.15) is 13.2 Å². The fourth-order valence-corrected chi connectivity index (χ4v) is 2.30. The maximum Gasteiger partial charge on any atom is 0.490 e. The lowest BCUT2D eigenvalue weighted by Gasteiger charge is -1.97. The molecule has 1 atom stereocenters. The summed E-state index contributed by atoms with van der Waals surface area (Å²) in [5.74, 6) is -2.76. The van der Waals surface area contributed by atoms with Crippen LogP contribution in [0, 0.1) is 0 Å². The van der Waals surface area contributed by atoms with Crippen LogP contribution in [-0.2, 0) is 11.2 Å². The predicted octanol–water partition coefficient (Wildman–Crippen LogP) is 2.33. The van der Waals surface area contributed by atoms with Crippen LogP contribution in [0.2, 0.25) is 0 Å². The number of fused-ring (bicyclic) bond motifs is 1. The smallest absolute Gasteiger partial charge is 0.475 e. The van der Waals surface area contributed by atoms with Crippen LogP contribution in [0.25, 0.3) is 0 Å². The first-order valence-electron chi connectivity index (χ1n) is 4.44. The van der Waals surface area contributed by atoms with Crippen LogP contribution in [0.5, 0.6) is 0 Å². The van der Waals surface area contributed by atoms with Crippen molar-refractivity contribution in [2.75, 3.05) is 0 Å². The Balaban J connectivity index is 0.000000168. The molecule has 0 aromatic carbocycles. The molecule has 0 saturated carbocycles. The zero-order chi connectivity index (χ0) is 12.3. The Hall–Kier alpha value is -1.08. The molecule has 1 aromatic rings. The van der Waals surface area contributed by atoms with Gasteiger partial charge in [0.05, 0.1) is 0 Å². The largest absolute Gasteiger partial charge is 0.490 e. The summed E-state index contributed by atoms with van der Waals surface area (Å²) in [5, 5.41) is 9.25. The van der Waals surface area contributed by atoms with E-state index in [0.29, 0.717) is 6.04 Å². The number of aryl methyl sites for hydroxylation is 1. The lowest BCUT2D eigenvalue weighted by molar-refractivity contribution is -0.192. The molecule has 0 amide bonds. The summed E-state index contributed by atoms with van der Waals surface area (Å²) >= 11 is 1.84. The van der Waals surface area contributed by atoms with E-state index in [2.05, 4.69) is 11.4 Å². The van der Waals surface area contributed by atoms with Crippen molar-refractivity contribution >= 4 is 17.3 Å². The normalized spacial score (nSPS) is 18.6. The fraction of sp³-hybridized carbons (Fsp3) is 0.444. The van der Waals surface area contributed by atoms with Crippen molar-refractivity contribution in [3.05, 3.63) is 21.9 Å². The molecule has 3 nitrogen and oxygen atoms in total. The second-order valence-corrected chi connectivity index (χ2v) is 4.25. The van der Waals surface area contributed by atoms with Crippen LogP contribution in [0.15, 0.2) is 11.4 Å². The van der Waals surface area contributed by atoms with Gasteiger partial charge in [-0.1, -0.05) is 0 Å². The highest BCUT2D eigenvalue weighted by Gasteiger charge is 2.38. The SMILES string of the molecule is NC1CCc2sccc21.O=C(O)C(F)(F)F. The lowest BCUT2D eigenvalue weighted by Crippen LogP contribution is -2.21. The number of halogens is 3. The van der Waals surface area contributed by atoms with Gasteiger partial charge in [0.2, 0.25) is 0 Å². The average Bonchev–Trinajstić information content (AvgIpc) is 2.71. The minimum atomic E-state index is -5.08. The molecule has 1 aliphatic rings. The molecule has 7 heteroatoms. The molecule has 2 rings (SSSR count). The molecule has 90 valence electrons. The number of hydrogen-bond donors (Lipinski definition) is 2. The molecule has 3 N–H and O–H groups in total. The summed E-state index contributed by atoms with van der Waals surface area (Å²) in [4.78, 5) is 10.4. The van der Waals surface area contributed by atoms with E-state index < -0.39 is 12.1 Å². The molecular formula is C9H10F3NO2S. The summed E-state index contributed by atoms with van der Waals surface area (Å²) in [6, 6.07) is 2.49. The van der Waals surface area contributed by atoms with Crippen molar-refractivity contribution in [3.63, 3.8) is 0 Å². The molecule has 0 bridgehead atoms. The predicted molar refractivity (Wildman–Crippen MR) is 53.3 cm³/mol. The third kappa shape index (κ3) is 3.21. The van der Waals surface area contributed by atoms with E-state index in [1.54, 1.807) is 0 Å². The van der Waals surface area contributed by atoms with Gasteiger partial charge in [-0.25, -0.2) is 4.79 Å². The summed E-state index contributed by atoms with van der Waals surface area (Å²) in [6.45, 7) is 0. The van der Waals surface area contributed by atoms with E-state index in [0.717, 1.165) is 6.42 Å².